The van der Waals surface area contributed by atoms with Crippen molar-refractivity contribution in [2.45, 2.75) is 31.7 Å². The highest BCUT2D eigenvalue weighted by Crippen LogP contribution is 2.38. The van der Waals surface area contributed by atoms with Crippen molar-refractivity contribution >= 4 is 5.91 Å². The van der Waals surface area contributed by atoms with Crippen LogP contribution in [0, 0.1) is 0 Å². The van der Waals surface area contributed by atoms with Gasteiger partial charge < -0.3 is 4.90 Å². The molecule has 0 atom stereocenters. The molecular formula is C21H20N4O. The van der Waals surface area contributed by atoms with Gasteiger partial charge >= 0.3 is 0 Å². The van der Waals surface area contributed by atoms with Gasteiger partial charge in [-0.3, -0.25) is 4.79 Å². The Hall–Kier alpha value is -2.95. The molecule has 1 aromatic heterocycles. The summed E-state index contributed by atoms with van der Waals surface area (Å²) in [6.45, 7) is 1.35. The summed E-state index contributed by atoms with van der Waals surface area (Å²) >= 11 is 0. The van der Waals surface area contributed by atoms with Gasteiger partial charge in [-0.1, -0.05) is 42.5 Å². The fourth-order valence-corrected chi connectivity index (χ4v) is 3.54. The molecule has 2 aliphatic rings. The number of fused-ring (bicyclic) bond motifs is 1. The lowest BCUT2D eigenvalue weighted by molar-refractivity contribution is 0.0719. The Morgan fingerprint density at radius 3 is 2.46 bits per heavy atom. The second kappa shape index (κ2) is 6.09. The zero-order valence-electron chi connectivity index (χ0n) is 14.5. The molecule has 1 amide bonds. The number of nitrogens with zero attached hydrogens (tertiary/aromatic N) is 4. The minimum Gasteiger partial charge on any atom is -0.331 e. The van der Waals surface area contributed by atoms with Crippen molar-refractivity contribution in [2.75, 3.05) is 6.54 Å². The first-order valence-corrected chi connectivity index (χ1v) is 9.18. The van der Waals surface area contributed by atoms with E-state index in [9.17, 15) is 4.79 Å². The number of rotatable bonds is 3. The lowest BCUT2D eigenvalue weighted by Gasteiger charge is -2.28. The number of amides is 1. The summed E-state index contributed by atoms with van der Waals surface area (Å²) in [7, 11) is 0. The van der Waals surface area contributed by atoms with E-state index in [0.29, 0.717) is 18.3 Å². The zero-order chi connectivity index (χ0) is 17.5. The number of hydrogen-bond acceptors (Lipinski definition) is 3. The predicted octanol–water partition coefficient (Wildman–Crippen LogP) is 3.34. The number of carbonyl (C=O) groups is 1. The maximum atomic E-state index is 13.3. The summed E-state index contributed by atoms with van der Waals surface area (Å²) in [6.07, 6.45) is 3.11. The van der Waals surface area contributed by atoms with Crippen molar-refractivity contribution < 1.29 is 4.79 Å². The molecule has 5 nitrogen and oxygen atoms in total. The molecule has 0 radical (unpaired) electrons. The van der Waals surface area contributed by atoms with Crippen molar-refractivity contribution in [3.63, 3.8) is 0 Å². The smallest absolute Gasteiger partial charge is 0.292 e. The Balaban J connectivity index is 1.50. The maximum absolute atomic E-state index is 13.3. The van der Waals surface area contributed by atoms with Gasteiger partial charge in [-0.15, -0.1) is 0 Å². The Labute approximate surface area is 152 Å². The highest BCUT2D eigenvalue weighted by Gasteiger charge is 2.32. The molecule has 26 heavy (non-hydrogen) atoms. The molecule has 2 aromatic carbocycles. The molecule has 2 heterocycles. The third-order valence-corrected chi connectivity index (χ3v) is 5.18. The molecule has 1 aliphatic carbocycles. The molecule has 1 saturated carbocycles. The topological polar surface area (TPSA) is 51.0 Å². The molecule has 1 aliphatic heterocycles. The predicted molar refractivity (Wildman–Crippen MR) is 98.2 cm³/mol. The Kier molecular flexibility index (Phi) is 3.59. The van der Waals surface area contributed by atoms with Crippen LogP contribution in [0.25, 0.3) is 5.69 Å². The number of hydrogen-bond donors (Lipinski definition) is 0. The van der Waals surface area contributed by atoms with Crippen LogP contribution < -0.4 is 0 Å². The minimum atomic E-state index is -0.0391. The number of carbonyl (C=O) groups excluding carboxylic acids is 1. The van der Waals surface area contributed by atoms with Gasteiger partial charge in [0.05, 0.1) is 5.69 Å². The van der Waals surface area contributed by atoms with Gasteiger partial charge in [0.1, 0.15) is 0 Å². The molecule has 3 aromatic rings. The van der Waals surface area contributed by atoms with E-state index >= 15 is 0 Å². The molecule has 130 valence electrons. The van der Waals surface area contributed by atoms with Crippen molar-refractivity contribution in [3.8, 4) is 5.69 Å². The van der Waals surface area contributed by atoms with E-state index in [-0.39, 0.29) is 5.91 Å². The highest BCUT2D eigenvalue weighted by atomic mass is 16.2. The molecule has 5 heteroatoms. The molecule has 0 unspecified atom stereocenters. The third kappa shape index (κ3) is 2.69. The zero-order valence-corrected chi connectivity index (χ0v) is 14.5. The van der Waals surface area contributed by atoms with Gasteiger partial charge in [0.15, 0.2) is 5.82 Å². The molecule has 0 saturated heterocycles. The van der Waals surface area contributed by atoms with Gasteiger partial charge in [0, 0.05) is 19.0 Å². The summed E-state index contributed by atoms with van der Waals surface area (Å²) in [6, 6.07) is 18.2. The van der Waals surface area contributed by atoms with Crippen LogP contribution in [0.2, 0.25) is 0 Å². The van der Waals surface area contributed by atoms with Crippen LogP contribution in [-0.4, -0.2) is 32.1 Å². The second-order valence-corrected chi connectivity index (χ2v) is 7.06. The lowest BCUT2D eigenvalue weighted by atomic mass is 10.00. The second-order valence-electron chi connectivity index (χ2n) is 7.06. The van der Waals surface area contributed by atoms with Crippen molar-refractivity contribution in [1.29, 1.82) is 0 Å². The summed E-state index contributed by atoms with van der Waals surface area (Å²) in [5.41, 5.74) is 3.44. The summed E-state index contributed by atoms with van der Waals surface area (Å²) in [4.78, 5) is 19.8. The molecular weight excluding hydrogens is 324 g/mol. The van der Waals surface area contributed by atoms with Crippen molar-refractivity contribution in [3.05, 3.63) is 77.4 Å². The van der Waals surface area contributed by atoms with E-state index in [1.54, 1.807) is 4.68 Å². The van der Waals surface area contributed by atoms with Gasteiger partial charge in [-0.25, -0.2) is 9.67 Å². The van der Waals surface area contributed by atoms with Gasteiger partial charge in [-0.05, 0) is 42.5 Å². The Morgan fingerprint density at radius 2 is 1.69 bits per heavy atom. The standard InChI is InChI=1S/C21H20N4O/c26-21(24-13-12-15-6-4-5-7-17(15)14-24)20-22-19(16-10-11-16)23-25(20)18-8-2-1-3-9-18/h1-9,16H,10-14H2. The Bertz CT molecular complexity index is 959. The van der Waals surface area contributed by atoms with Crippen LogP contribution in [0.15, 0.2) is 54.6 Å². The SMILES string of the molecule is O=C(c1nc(C2CC2)nn1-c1ccccc1)N1CCc2ccccc2C1. The van der Waals surface area contributed by atoms with Crippen LogP contribution in [0.1, 0.15) is 46.3 Å². The van der Waals surface area contributed by atoms with E-state index in [0.717, 1.165) is 37.3 Å². The van der Waals surface area contributed by atoms with E-state index in [1.165, 1.54) is 11.1 Å². The monoisotopic (exact) mass is 344 g/mol. The molecule has 0 spiro atoms. The van der Waals surface area contributed by atoms with Gasteiger partial charge in [0.2, 0.25) is 5.82 Å². The largest absolute Gasteiger partial charge is 0.331 e. The van der Waals surface area contributed by atoms with Crippen LogP contribution in [0.4, 0.5) is 0 Å². The normalized spacial score (nSPS) is 16.4. The van der Waals surface area contributed by atoms with Crippen molar-refractivity contribution in [2.24, 2.45) is 0 Å². The molecule has 0 bridgehead atoms. The highest BCUT2D eigenvalue weighted by molar-refractivity contribution is 5.91. The Morgan fingerprint density at radius 1 is 0.962 bits per heavy atom. The first-order valence-electron chi connectivity index (χ1n) is 9.18. The third-order valence-electron chi connectivity index (χ3n) is 5.18. The lowest BCUT2D eigenvalue weighted by Crippen LogP contribution is -2.37. The molecule has 0 N–H and O–H groups in total. The van der Waals surface area contributed by atoms with Crippen LogP contribution >= 0.6 is 0 Å². The van der Waals surface area contributed by atoms with E-state index in [4.69, 9.17) is 0 Å². The fourth-order valence-electron chi connectivity index (χ4n) is 3.54. The average Bonchev–Trinajstić information content (AvgIpc) is 3.46. The quantitative estimate of drug-likeness (QED) is 0.732. The molecule has 5 rings (SSSR count). The maximum Gasteiger partial charge on any atom is 0.292 e. The summed E-state index contributed by atoms with van der Waals surface area (Å²) in [5.74, 6) is 1.60. The van der Waals surface area contributed by atoms with Gasteiger partial charge in [0.25, 0.3) is 5.91 Å². The number of para-hydroxylation sites is 1. The molecule has 1 fully saturated rings. The first-order chi connectivity index (χ1) is 12.8. The minimum absolute atomic E-state index is 0.0391. The fraction of sp³-hybridized carbons (Fsp3) is 0.286. The van der Waals surface area contributed by atoms with Crippen molar-refractivity contribution in [1.82, 2.24) is 19.7 Å². The number of benzene rings is 2. The van der Waals surface area contributed by atoms with Gasteiger partial charge in [-0.2, -0.15) is 5.10 Å². The van der Waals surface area contributed by atoms with E-state index in [1.807, 2.05) is 41.3 Å². The summed E-state index contributed by atoms with van der Waals surface area (Å²) in [5, 5.41) is 4.66. The summed E-state index contributed by atoms with van der Waals surface area (Å²) < 4.78 is 1.72. The first kappa shape index (κ1) is 15.3. The van der Waals surface area contributed by atoms with Crippen LogP contribution in [-0.2, 0) is 13.0 Å². The number of aromatic nitrogens is 3. The van der Waals surface area contributed by atoms with Crippen LogP contribution in [0.5, 0.6) is 0 Å². The van der Waals surface area contributed by atoms with Crippen LogP contribution in [0.3, 0.4) is 0 Å². The van der Waals surface area contributed by atoms with E-state index in [2.05, 4.69) is 28.3 Å². The average molecular weight is 344 g/mol. The van der Waals surface area contributed by atoms with E-state index < -0.39 is 0 Å².